The number of aromatic nitrogens is 1. The molecule has 1 atom stereocenters. The molecule has 0 aliphatic heterocycles. The van der Waals surface area contributed by atoms with Crippen LogP contribution >= 0.6 is 11.6 Å². The Kier molecular flexibility index (Phi) is 7.64. The molecule has 0 amide bonds. The molecule has 1 aromatic heterocycles. The van der Waals surface area contributed by atoms with Crippen molar-refractivity contribution in [1.82, 2.24) is 4.98 Å². The zero-order valence-electron chi connectivity index (χ0n) is 17.1. The Labute approximate surface area is 183 Å². The normalized spacial score (nSPS) is 15.5. The van der Waals surface area contributed by atoms with E-state index in [4.69, 9.17) is 21.1 Å². The molecule has 1 aliphatic carbocycles. The molecule has 0 bridgehead atoms. The van der Waals surface area contributed by atoms with Gasteiger partial charge in [0.2, 0.25) is 0 Å². The van der Waals surface area contributed by atoms with Gasteiger partial charge in [-0.3, -0.25) is 4.79 Å². The molecule has 2 aromatic rings. The summed E-state index contributed by atoms with van der Waals surface area (Å²) in [5.74, 6) is 0.202. The number of aryl methyl sites for hydroxylation is 1. The van der Waals surface area contributed by atoms with E-state index >= 15 is 0 Å². The highest BCUT2D eigenvalue weighted by molar-refractivity contribution is 6.29. The van der Waals surface area contributed by atoms with Crippen molar-refractivity contribution < 1.29 is 27.4 Å². The highest BCUT2D eigenvalue weighted by Crippen LogP contribution is 2.37. The quantitative estimate of drug-likeness (QED) is 0.286. The van der Waals surface area contributed by atoms with E-state index in [-0.39, 0.29) is 29.6 Å². The number of nitrogens with zero attached hydrogens (tertiary/aromatic N) is 1. The van der Waals surface area contributed by atoms with Gasteiger partial charge in [0.15, 0.2) is 0 Å². The SMILES string of the molecule is CCCC(=O)O[C@H]1CCc2cc(OCCCNc3nc(Cl)ccc3C(F)(F)F)ccc21. The summed E-state index contributed by atoms with van der Waals surface area (Å²) >= 11 is 5.72. The molecule has 168 valence electrons. The highest BCUT2D eigenvalue weighted by Gasteiger charge is 2.34. The summed E-state index contributed by atoms with van der Waals surface area (Å²) in [5.41, 5.74) is 1.23. The average Bonchev–Trinajstić information content (AvgIpc) is 3.09. The van der Waals surface area contributed by atoms with E-state index in [0.717, 1.165) is 42.5 Å². The second-order valence-corrected chi connectivity index (χ2v) is 7.67. The molecule has 0 fully saturated rings. The maximum absolute atomic E-state index is 13.0. The predicted octanol–water partition coefficient (Wildman–Crippen LogP) is 5.97. The van der Waals surface area contributed by atoms with E-state index in [0.29, 0.717) is 25.2 Å². The maximum Gasteiger partial charge on any atom is 0.419 e. The Morgan fingerprint density at radius 1 is 1.29 bits per heavy atom. The third kappa shape index (κ3) is 6.26. The molecule has 1 aliphatic rings. The standard InChI is InChI=1S/C22H24ClF3N2O3/c1-2-4-20(29)31-18-9-5-14-13-15(6-7-16(14)18)30-12-3-11-27-21-17(22(24,25)26)8-10-19(23)28-21/h6-8,10,13,18H,2-5,9,11-12H2,1H3,(H,27,28)/t18-/m0/s1. The molecule has 9 heteroatoms. The minimum absolute atomic E-state index is 0.0106. The van der Waals surface area contributed by atoms with Gasteiger partial charge < -0.3 is 14.8 Å². The van der Waals surface area contributed by atoms with Crippen LogP contribution in [0.5, 0.6) is 5.75 Å². The first-order valence-corrected chi connectivity index (χ1v) is 10.6. The summed E-state index contributed by atoms with van der Waals surface area (Å²) < 4.78 is 50.4. The Morgan fingerprint density at radius 2 is 2.10 bits per heavy atom. The first-order chi connectivity index (χ1) is 14.8. The van der Waals surface area contributed by atoms with Crippen LogP contribution in [-0.4, -0.2) is 24.1 Å². The Morgan fingerprint density at radius 3 is 2.84 bits per heavy atom. The van der Waals surface area contributed by atoms with Gasteiger partial charge in [-0.15, -0.1) is 0 Å². The first kappa shape index (κ1) is 23.2. The number of alkyl halides is 3. The van der Waals surface area contributed by atoms with Crippen molar-refractivity contribution in [3.8, 4) is 5.75 Å². The number of ether oxygens (including phenoxy) is 2. The molecule has 0 saturated carbocycles. The summed E-state index contributed by atoms with van der Waals surface area (Å²) in [4.78, 5) is 15.5. The smallest absolute Gasteiger partial charge is 0.419 e. The number of fused-ring (bicyclic) bond motifs is 1. The molecule has 0 unspecified atom stereocenters. The van der Waals surface area contributed by atoms with Gasteiger partial charge in [-0.05, 0) is 61.1 Å². The van der Waals surface area contributed by atoms with Crippen molar-refractivity contribution >= 4 is 23.4 Å². The number of carbonyl (C=O) groups is 1. The van der Waals surface area contributed by atoms with Crippen LogP contribution in [0.15, 0.2) is 30.3 Å². The van der Waals surface area contributed by atoms with Crippen LogP contribution in [0.25, 0.3) is 0 Å². The Balaban J connectivity index is 1.48. The zero-order chi connectivity index (χ0) is 22.4. The van der Waals surface area contributed by atoms with Gasteiger partial charge in [0.1, 0.15) is 22.8 Å². The summed E-state index contributed by atoms with van der Waals surface area (Å²) in [6.45, 7) is 2.50. The molecule has 31 heavy (non-hydrogen) atoms. The number of anilines is 1. The van der Waals surface area contributed by atoms with E-state index in [1.807, 2.05) is 25.1 Å². The molecule has 1 heterocycles. The number of carbonyl (C=O) groups excluding carboxylic acids is 1. The summed E-state index contributed by atoms with van der Waals surface area (Å²) in [7, 11) is 0. The summed E-state index contributed by atoms with van der Waals surface area (Å²) in [5, 5.41) is 2.67. The fourth-order valence-corrected chi connectivity index (χ4v) is 3.60. The molecule has 0 spiro atoms. The largest absolute Gasteiger partial charge is 0.494 e. The lowest BCUT2D eigenvalue weighted by Gasteiger charge is -2.15. The van der Waals surface area contributed by atoms with E-state index in [1.165, 1.54) is 0 Å². The Hall–Kier alpha value is -2.48. The molecular weight excluding hydrogens is 433 g/mol. The van der Waals surface area contributed by atoms with Crippen LogP contribution in [0.2, 0.25) is 5.15 Å². The van der Waals surface area contributed by atoms with Crippen molar-refractivity contribution in [2.75, 3.05) is 18.5 Å². The van der Waals surface area contributed by atoms with Gasteiger partial charge in [-0.25, -0.2) is 4.98 Å². The van der Waals surface area contributed by atoms with Crippen LogP contribution in [0.4, 0.5) is 19.0 Å². The number of hydrogen-bond donors (Lipinski definition) is 1. The third-order valence-electron chi connectivity index (χ3n) is 4.91. The van der Waals surface area contributed by atoms with Crippen molar-refractivity contribution in [3.05, 3.63) is 52.2 Å². The molecule has 1 aromatic carbocycles. The number of rotatable bonds is 9. The summed E-state index contributed by atoms with van der Waals surface area (Å²) in [6, 6.07) is 7.67. The molecule has 1 N–H and O–H groups in total. The van der Waals surface area contributed by atoms with Crippen LogP contribution < -0.4 is 10.1 Å². The van der Waals surface area contributed by atoms with Crippen LogP contribution in [0.3, 0.4) is 0 Å². The second-order valence-electron chi connectivity index (χ2n) is 7.28. The van der Waals surface area contributed by atoms with Crippen LogP contribution in [0.1, 0.15) is 55.4 Å². The lowest BCUT2D eigenvalue weighted by molar-refractivity contribution is -0.149. The molecular formula is C22H24ClF3N2O3. The fraction of sp³-hybridized carbons (Fsp3) is 0.455. The van der Waals surface area contributed by atoms with Crippen molar-refractivity contribution in [3.63, 3.8) is 0 Å². The van der Waals surface area contributed by atoms with Gasteiger partial charge in [-0.1, -0.05) is 24.6 Å². The number of esters is 1. The number of nitrogens with one attached hydrogen (secondary N) is 1. The average molecular weight is 457 g/mol. The lowest BCUT2D eigenvalue weighted by Crippen LogP contribution is -2.14. The highest BCUT2D eigenvalue weighted by atomic mass is 35.5. The minimum Gasteiger partial charge on any atom is -0.494 e. The van der Waals surface area contributed by atoms with Gasteiger partial charge in [0.05, 0.1) is 12.2 Å². The van der Waals surface area contributed by atoms with Crippen molar-refractivity contribution in [1.29, 1.82) is 0 Å². The first-order valence-electron chi connectivity index (χ1n) is 10.2. The zero-order valence-corrected chi connectivity index (χ0v) is 17.9. The maximum atomic E-state index is 13.0. The van der Waals surface area contributed by atoms with Crippen molar-refractivity contribution in [2.24, 2.45) is 0 Å². The molecule has 3 rings (SSSR count). The van der Waals surface area contributed by atoms with Crippen LogP contribution in [-0.2, 0) is 22.1 Å². The fourth-order valence-electron chi connectivity index (χ4n) is 3.46. The van der Waals surface area contributed by atoms with Crippen LogP contribution in [0, 0.1) is 0 Å². The van der Waals surface area contributed by atoms with E-state index < -0.39 is 11.7 Å². The predicted molar refractivity (Wildman–Crippen MR) is 111 cm³/mol. The van der Waals surface area contributed by atoms with Crippen molar-refractivity contribution in [2.45, 2.75) is 51.3 Å². The number of benzene rings is 1. The van der Waals surface area contributed by atoms with E-state index in [1.54, 1.807) is 0 Å². The number of halogens is 4. The molecule has 5 nitrogen and oxygen atoms in total. The minimum atomic E-state index is -4.51. The lowest BCUT2D eigenvalue weighted by atomic mass is 10.1. The Bertz CT molecular complexity index is 921. The van der Waals surface area contributed by atoms with Gasteiger partial charge in [-0.2, -0.15) is 13.2 Å². The van der Waals surface area contributed by atoms with E-state index in [9.17, 15) is 18.0 Å². The molecule has 0 saturated heterocycles. The number of hydrogen-bond acceptors (Lipinski definition) is 5. The van der Waals surface area contributed by atoms with Gasteiger partial charge >= 0.3 is 12.1 Å². The summed E-state index contributed by atoms with van der Waals surface area (Å²) in [6.07, 6.45) is -1.52. The number of pyridine rings is 1. The monoisotopic (exact) mass is 456 g/mol. The molecule has 0 radical (unpaired) electrons. The topological polar surface area (TPSA) is 60.5 Å². The second kappa shape index (κ2) is 10.2. The van der Waals surface area contributed by atoms with Gasteiger partial charge in [0.25, 0.3) is 0 Å². The third-order valence-corrected chi connectivity index (χ3v) is 5.12. The van der Waals surface area contributed by atoms with E-state index in [2.05, 4.69) is 10.3 Å². The van der Waals surface area contributed by atoms with Gasteiger partial charge in [0, 0.05) is 13.0 Å².